The van der Waals surface area contributed by atoms with Gasteiger partial charge in [-0.15, -0.1) is 0 Å². The molecule has 266 valence electrons. The van der Waals surface area contributed by atoms with Gasteiger partial charge in [0.1, 0.15) is 0 Å². The molecule has 0 aliphatic carbocycles. The van der Waals surface area contributed by atoms with Crippen molar-refractivity contribution in [3.8, 4) is 0 Å². The van der Waals surface area contributed by atoms with Crippen LogP contribution in [0.15, 0.2) is 0 Å². The molecule has 0 aromatic carbocycles. The third kappa shape index (κ3) is 27.2. The van der Waals surface area contributed by atoms with Crippen molar-refractivity contribution in [2.24, 2.45) is 0 Å². The predicted octanol–water partition coefficient (Wildman–Crippen LogP) is 9.47. The average molecular weight is 638 g/mol. The molecule has 0 heterocycles. The number of carbonyl (C=O) groups is 3. The van der Waals surface area contributed by atoms with E-state index in [9.17, 15) is 19.5 Å². The van der Waals surface area contributed by atoms with E-state index < -0.39 is 5.97 Å². The molecule has 0 radical (unpaired) electrons. The maximum absolute atomic E-state index is 13.6. The molecule has 0 rings (SSSR count). The largest absolute Gasteiger partial charge is 0.480 e. The number of rotatable bonds is 34. The summed E-state index contributed by atoms with van der Waals surface area (Å²) < 4.78 is 0. The molecule has 0 aromatic heterocycles. The molecular formula is C38H75N3O4. The smallest absolute Gasteiger partial charge is 0.317 e. The molecule has 7 heteroatoms. The topological polar surface area (TPSA) is 81.2 Å². The molecule has 0 unspecified atom stereocenters. The van der Waals surface area contributed by atoms with Crippen LogP contribution in [0.2, 0.25) is 0 Å². The van der Waals surface area contributed by atoms with E-state index in [2.05, 4.69) is 27.7 Å². The van der Waals surface area contributed by atoms with E-state index in [1.165, 1.54) is 103 Å². The van der Waals surface area contributed by atoms with Gasteiger partial charge in [-0.3, -0.25) is 19.3 Å². The Morgan fingerprint density at radius 3 is 0.867 bits per heavy atom. The molecule has 1 N–H and O–H groups in total. The average Bonchev–Trinajstić information content (AvgIpc) is 3.01. The lowest BCUT2D eigenvalue weighted by atomic mass is 10.1. The zero-order valence-electron chi connectivity index (χ0n) is 30.4. The number of amides is 2. The highest BCUT2D eigenvalue weighted by molar-refractivity contribution is 5.82. The second kappa shape index (κ2) is 32.3. The Bertz CT molecular complexity index is 620. The third-order valence-electron chi connectivity index (χ3n) is 8.91. The Kier molecular flexibility index (Phi) is 31.1. The molecule has 0 aliphatic heterocycles. The molecular weight excluding hydrogens is 562 g/mol. The Morgan fingerprint density at radius 1 is 0.378 bits per heavy atom. The van der Waals surface area contributed by atoms with Crippen molar-refractivity contribution in [1.29, 1.82) is 0 Å². The minimum absolute atomic E-state index is 0.00835. The first-order valence-electron chi connectivity index (χ1n) is 19.4. The summed E-state index contributed by atoms with van der Waals surface area (Å²) in [6.07, 6.45) is 28.0. The van der Waals surface area contributed by atoms with Gasteiger partial charge in [-0.25, -0.2) is 0 Å². The van der Waals surface area contributed by atoms with Crippen molar-refractivity contribution in [3.63, 3.8) is 0 Å². The molecule has 0 saturated heterocycles. The number of carbonyl (C=O) groups excluding carboxylic acids is 2. The van der Waals surface area contributed by atoms with Gasteiger partial charge < -0.3 is 14.9 Å². The molecule has 0 spiro atoms. The van der Waals surface area contributed by atoms with Crippen LogP contribution in [0.25, 0.3) is 0 Å². The van der Waals surface area contributed by atoms with Crippen molar-refractivity contribution in [1.82, 2.24) is 14.7 Å². The van der Waals surface area contributed by atoms with Gasteiger partial charge in [0.2, 0.25) is 11.8 Å². The highest BCUT2D eigenvalue weighted by Gasteiger charge is 2.23. The maximum Gasteiger partial charge on any atom is 0.317 e. The van der Waals surface area contributed by atoms with Gasteiger partial charge in [-0.2, -0.15) is 0 Å². The number of aliphatic carboxylic acids is 1. The van der Waals surface area contributed by atoms with E-state index >= 15 is 0 Å². The van der Waals surface area contributed by atoms with Crippen LogP contribution in [0, 0.1) is 0 Å². The molecule has 0 saturated carbocycles. The lowest BCUT2D eigenvalue weighted by molar-refractivity contribution is -0.141. The summed E-state index contributed by atoms with van der Waals surface area (Å²) in [5.41, 5.74) is 0. The quantitative estimate of drug-likeness (QED) is 0.0711. The summed E-state index contributed by atoms with van der Waals surface area (Å²) in [4.78, 5) is 44.4. The highest BCUT2D eigenvalue weighted by Crippen LogP contribution is 2.12. The van der Waals surface area contributed by atoms with Gasteiger partial charge in [0.05, 0.1) is 19.6 Å². The fourth-order valence-corrected chi connectivity index (χ4v) is 6.00. The second-order valence-corrected chi connectivity index (χ2v) is 13.4. The zero-order chi connectivity index (χ0) is 33.4. The van der Waals surface area contributed by atoms with Gasteiger partial charge >= 0.3 is 5.97 Å². The number of unbranched alkanes of at least 4 members (excludes halogenated alkanes) is 20. The predicted molar refractivity (Wildman–Crippen MR) is 191 cm³/mol. The summed E-state index contributed by atoms with van der Waals surface area (Å²) in [5.74, 6) is -1.07. The van der Waals surface area contributed by atoms with Crippen LogP contribution < -0.4 is 0 Å². The fourth-order valence-electron chi connectivity index (χ4n) is 6.00. The summed E-state index contributed by atoms with van der Waals surface area (Å²) >= 11 is 0. The van der Waals surface area contributed by atoms with E-state index in [1.807, 2.05) is 9.80 Å². The van der Waals surface area contributed by atoms with Crippen LogP contribution in [0.4, 0.5) is 0 Å². The van der Waals surface area contributed by atoms with Crippen LogP contribution >= 0.6 is 0 Å². The van der Waals surface area contributed by atoms with Gasteiger partial charge in [0.25, 0.3) is 0 Å². The van der Waals surface area contributed by atoms with E-state index in [0.717, 1.165) is 77.5 Å². The van der Waals surface area contributed by atoms with E-state index in [0.29, 0.717) is 0 Å². The molecule has 0 fully saturated rings. The molecule has 0 aromatic rings. The molecule has 0 aliphatic rings. The van der Waals surface area contributed by atoms with Crippen molar-refractivity contribution in [2.45, 2.75) is 182 Å². The van der Waals surface area contributed by atoms with Gasteiger partial charge in [-0.05, 0) is 25.7 Å². The Balaban J connectivity index is 5.28. The summed E-state index contributed by atoms with van der Waals surface area (Å²) in [6, 6.07) is 0. The van der Waals surface area contributed by atoms with Crippen LogP contribution in [0.1, 0.15) is 182 Å². The lowest BCUT2D eigenvalue weighted by Gasteiger charge is -2.29. The van der Waals surface area contributed by atoms with Crippen molar-refractivity contribution in [3.05, 3.63) is 0 Å². The van der Waals surface area contributed by atoms with Gasteiger partial charge in [0, 0.05) is 26.2 Å². The number of nitrogens with zero attached hydrogens (tertiary/aromatic N) is 3. The lowest BCUT2D eigenvalue weighted by Crippen LogP contribution is -2.47. The van der Waals surface area contributed by atoms with Crippen LogP contribution in [-0.4, -0.2) is 83.4 Å². The molecule has 45 heavy (non-hydrogen) atoms. The van der Waals surface area contributed by atoms with Crippen molar-refractivity contribution in [2.75, 3.05) is 45.8 Å². The first-order valence-corrected chi connectivity index (χ1v) is 19.4. The Labute approximate surface area is 279 Å². The second-order valence-electron chi connectivity index (χ2n) is 13.4. The SMILES string of the molecule is CCCCCCCCN(CCCCCCCC)C(=O)CN(CC(=O)O)CC(=O)N(CCCCCCCC)CCCCCCCC. The van der Waals surface area contributed by atoms with Gasteiger partial charge in [-0.1, -0.05) is 156 Å². The first kappa shape index (κ1) is 43.4. The molecule has 0 bridgehead atoms. The van der Waals surface area contributed by atoms with Crippen LogP contribution in [0.5, 0.6) is 0 Å². The Hall–Kier alpha value is -1.63. The minimum atomic E-state index is -0.993. The van der Waals surface area contributed by atoms with E-state index in [1.54, 1.807) is 4.90 Å². The monoisotopic (exact) mass is 638 g/mol. The minimum Gasteiger partial charge on any atom is -0.480 e. The molecule has 2 amide bonds. The first-order chi connectivity index (χ1) is 21.9. The number of hydrogen-bond donors (Lipinski definition) is 1. The fraction of sp³-hybridized carbons (Fsp3) is 0.921. The third-order valence-corrected chi connectivity index (χ3v) is 8.91. The van der Waals surface area contributed by atoms with Crippen LogP contribution in [-0.2, 0) is 14.4 Å². The number of carboxylic acid groups (broad SMARTS) is 1. The van der Waals surface area contributed by atoms with E-state index in [4.69, 9.17) is 0 Å². The van der Waals surface area contributed by atoms with Crippen molar-refractivity contribution >= 4 is 17.8 Å². The molecule has 7 nitrogen and oxygen atoms in total. The number of carboxylic acids is 1. The summed E-state index contributed by atoms with van der Waals surface area (Å²) in [7, 11) is 0. The summed E-state index contributed by atoms with van der Waals surface area (Å²) in [6.45, 7) is 11.4. The normalized spacial score (nSPS) is 11.3. The van der Waals surface area contributed by atoms with Gasteiger partial charge in [0.15, 0.2) is 0 Å². The van der Waals surface area contributed by atoms with Crippen LogP contribution in [0.3, 0.4) is 0 Å². The summed E-state index contributed by atoms with van der Waals surface area (Å²) in [5, 5.41) is 9.67. The van der Waals surface area contributed by atoms with Crippen molar-refractivity contribution < 1.29 is 19.5 Å². The Morgan fingerprint density at radius 2 is 0.622 bits per heavy atom. The highest BCUT2D eigenvalue weighted by atomic mass is 16.4. The number of hydrogen-bond acceptors (Lipinski definition) is 4. The molecule has 0 atom stereocenters. The zero-order valence-corrected chi connectivity index (χ0v) is 30.4. The standard InChI is InChI=1S/C38H75N3O4/c1-5-9-13-17-21-25-29-40(30-26-22-18-14-10-6-2)36(42)33-39(35-38(44)45)34-37(43)41(31-27-23-19-15-11-7-3)32-28-24-20-16-12-8-4/h5-35H2,1-4H3,(H,44,45). The van der Waals surface area contributed by atoms with E-state index in [-0.39, 0.29) is 31.4 Å². The maximum atomic E-state index is 13.6.